The maximum Gasteiger partial charge on any atom is 0.238 e. The Kier molecular flexibility index (Phi) is 4.22. The first-order valence-corrected chi connectivity index (χ1v) is 6.95. The van der Waals surface area contributed by atoms with Crippen LogP contribution in [0.4, 0.5) is 0 Å². The van der Waals surface area contributed by atoms with E-state index in [0.717, 1.165) is 12.8 Å². The van der Waals surface area contributed by atoms with Crippen LogP contribution in [-0.4, -0.2) is 37.2 Å². The van der Waals surface area contributed by atoms with Crippen molar-refractivity contribution in [3.05, 3.63) is 0 Å². The highest BCUT2D eigenvalue weighted by Crippen LogP contribution is 2.18. The normalized spacial score (nSPS) is 17.8. The Morgan fingerprint density at radius 3 is 2.56 bits per heavy atom. The summed E-state index contributed by atoms with van der Waals surface area (Å²) in [4.78, 5) is 11.3. The summed E-state index contributed by atoms with van der Waals surface area (Å²) < 4.78 is 25.0. The second kappa shape index (κ2) is 5.07. The molecule has 0 radical (unpaired) electrons. The highest BCUT2D eigenvalue weighted by molar-refractivity contribution is 7.92. The summed E-state index contributed by atoms with van der Waals surface area (Å²) in [5.74, 6) is -0.766. The topological polar surface area (TPSA) is 101 Å². The summed E-state index contributed by atoms with van der Waals surface area (Å²) in [6, 6.07) is -0.602. The molecule has 0 aliphatic heterocycles. The van der Waals surface area contributed by atoms with Crippen molar-refractivity contribution in [3.8, 4) is 0 Å². The minimum Gasteiger partial charge on any atom is -0.392 e. The van der Waals surface area contributed by atoms with Gasteiger partial charge >= 0.3 is 0 Å². The molecule has 16 heavy (non-hydrogen) atoms. The van der Waals surface area contributed by atoms with Gasteiger partial charge in [0.1, 0.15) is 5.75 Å². The molecule has 4 N–H and O–H groups in total. The maximum atomic E-state index is 11.5. The standard InChI is InChI=1S/C8H15N3O3S2/c1-5(8(12)10-6-2-3-6)11-16(13,14)4-7(9)15/h5-6,11H,2-4H2,1H3,(H2,9,15)(H,10,12). The molecule has 1 aliphatic carbocycles. The molecule has 92 valence electrons. The van der Waals surface area contributed by atoms with Gasteiger partial charge in [-0.15, -0.1) is 0 Å². The average molecular weight is 265 g/mol. The maximum absolute atomic E-state index is 11.5. The predicted molar refractivity (Wildman–Crippen MR) is 64.3 cm³/mol. The molecular formula is C8H15N3O3S2. The minimum absolute atomic E-state index is 0.123. The van der Waals surface area contributed by atoms with Crippen molar-refractivity contribution >= 4 is 33.1 Å². The Balaban J connectivity index is 2.45. The van der Waals surface area contributed by atoms with Crippen molar-refractivity contribution < 1.29 is 13.2 Å². The van der Waals surface area contributed by atoms with E-state index in [2.05, 4.69) is 22.3 Å². The summed E-state index contributed by atoms with van der Waals surface area (Å²) in [7, 11) is -3.62. The molecule has 0 aromatic heterocycles. The van der Waals surface area contributed by atoms with Crippen molar-refractivity contribution in [1.82, 2.24) is 10.0 Å². The highest BCUT2D eigenvalue weighted by Gasteiger charge is 2.27. The van der Waals surface area contributed by atoms with E-state index in [4.69, 9.17) is 5.73 Å². The monoisotopic (exact) mass is 265 g/mol. The van der Waals surface area contributed by atoms with E-state index in [9.17, 15) is 13.2 Å². The zero-order chi connectivity index (χ0) is 12.3. The number of hydrogen-bond acceptors (Lipinski definition) is 4. The molecule has 0 saturated heterocycles. The SMILES string of the molecule is CC(NS(=O)(=O)CC(N)=S)C(=O)NC1CC1. The second-order valence-corrected chi connectivity index (χ2v) is 6.13. The number of nitrogens with one attached hydrogen (secondary N) is 2. The van der Waals surface area contributed by atoms with Gasteiger partial charge in [0.05, 0.1) is 11.0 Å². The van der Waals surface area contributed by atoms with Gasteiger partial charge < -0.3 is 11.1 Å². The van der Waals surface area contributed by atoms with Crippen molar-refractivity contribution in [1.29, 1.82) is 0 Å². The number of thiocarbonyl (C=S) groups is 1. The fourth-order valence-electron chi connectivity index (χ4n) is 1.11. The van der Waals surface area contributed by atoms with Crippen LogP contribution < -0.4 is 15.8 Å². The third-order valence-corrected chi connectivity index (χ3v) is 3.74. The molecule has 8 heteroatoms. The molecule has 1 unspecified atom stereocenters. The first kappa shape index (κ1) is 13.3. The number of carbonyl (C=O) groups is 1. The highest BCUT2D eigenvalue weighted by atomic mass is 32.2. The van der Waals surface area contributed by atoms with Crippen molar-refractivity contribution in [2.45, 2.75) is 31.8 Å². The Morgan fingerprint density at radius 2 is 2.12 bits per heavy atom. The van der Waals surface area contributed by atoms with Crippen LogP contribution in [0.15, 0.2) is 0 Å². The van der Waals surface area contributed by atoms with Gasteiger partial charge in [-0.3, -0.25) is 4.79 Å². The van der Waals surface area contributed by atoms with Gasteiger partial charge in [0.15, 0.2) is 0 Å². The lowest BCUT2D eigenvalue weighted by molar-refractivity contribution is -0.122. The smallest absolute Gasteiger partial charge is 0.238 e. The molecule has 1 fully saturated rings. The van der Waals surface area contributed by atoms with Crippen LogP contribution >= 0.6 is 12.2 Å². The molecule has 0 aromatic rings. The molecule has 1 aliphatic rings. The van der Waals surface area contributed by atoms with Crippen LogP contribution in [0.3, 0.4) is 0 Å². The fraction of sp³-hybridized carbons (Fsp3) is 0.750. The molecule has 0 heterocycles. The van der Waals surface area contributed by atoms with Crippen LogP contribution in [0.5, 0.6) is 0 Å². The molecule has 1 rings (SSSR count). The lowest BCUT2D eigenvalue weighted by atomic mass is 10.3. The predicted octanol–water partition coefficient (Wildman–Crippen LogP) is -1.14. The van der Waals surface area contributed by atoms with Crippen LogP contribution in [-0.2, 0) is 14.8 Å². The summed E-state index contributed by atoms with van der Waals surface area (Å²) in [6.07, 6.45) is 1.91. The number of hydrogen-bond donors (Lipinski definition) is 3. The molecule has 1 saturated carbocycles. The largest absolute Gasteiger partial charge is 0.392 e. The summed E-state index contributed by atoms with van der Waals surface area (Å²) >= 11 is 4.50. The quantitative estimate of drug-likeness (QED) is 0.527. The Labute approximate surface area is 100 Å². The van der Waals surface area contributed by atoms with E-state index in [-0.39, 0.29) is 16.9 Å². The summed E-state index contributed by atoms with van der Waals surface area (Å²) in [5.41, 5.74) is 5.13. The van der Waals surface area contributed by atoms with Crippen molar-refractivity contribution in [3.63, 3.8) is 0 Å². The van der Waals surface area contributed by atoms with Crippen molar-refractivity contribution in [2.24, 2.45) is 5.73 Å². The first-order valence-electron chi connectivity index (χ1n) is 4.89. The van der Waals surface area contributed by atoms with Crippen LogP contribution in [0.25, 0.3) is 0 Å². The lowest BCUT2D eigenvalue weighted by Gasteiger charge is -2.13. The average Bonchev–Trinajstić information content (AvgIpc) is 2.84. The molecule has 0 spiro atoms. The van der Waals surface area contributed by atoms with Gasteiger partial charge in [0.2, 0.25) is 15.9 Å². The van der Waals surface area contributed by atoms with E-state index in [0.29, 0.717) is 0 Å². The lowest BCUT2D eigenvalue weighted by Crippen LogP contribution is -2.47. The number of nitrogens with two attached hydrogens (primary N) is 1. The van der Waals surface area contributed by atoms with Gasteiger partial charge in [-0.25, -0.2) is 13.1 Å². The van der Waals surface area contributed by atoms with E-state index >= 15 is 0 Å². The number of carbonyl (C=O) groups excluding carboxylic acids is 1. The Morgan fingerprint density at radius 1 is 1.56 bits per heavy atom. The zero-order valence-corrected chi connectivity index (χ0v) is 10.5. The molecular weight excluding hydrogens is 250 g/mol. The zero-order valence-electron chi connectivity index (χ0n) is 8.89. The third-order valence-electron chi connectivity index (χ3n) is 2.01. The Hall–Kier alpha value is -0.730. The van der Waals surface area contributed by atoms with E-state index < -0.39 is 21.8 Å². The van der Waals surface area contributed by atoms with Crippen LogP contribution in [0.2, 0.25) is 0 Å². The van der Waals surface area contributed by atoms with Gasteiger partial charge in [-0.1, -0.05) is 12.2 Å². The summed E-state index contributed by atoms with van der Waals surface area (Å²) in [6.45, 7) is 1.48. The van der Waals surface area contributed by atoms with Gasteiger partial charge in [0.25, 0.3) is 0 Å². The summed E-state index contributed by atoms with van der Waals surface area (Å²) in [5, 5.41) is 2.70. The van der Waals surface area contributed by atoms with Crippen LogP contribution in [0, 0.1) is 0 Å². The van der Waals surface area contributed by atoms with E-state index in [1.807, 2.05) is 0 Å². The van der Waals surface area contributed by atoms with E-state index in [1.54, 1.807) is 0 Å². The van der Waals surface area contributed by atoms with Gasteiger partial charge in [0, 0.05) is 6.04 Å². The Bertz CT molecular complexity index is 389. The molecule has 0 aromatic carbocycles. The number of rotatable bonds is 6. The third kappa shape index (κ3) is 4.86. The molecule has 1 amide bonds. The first-order chi connectivity index (χ1) is 7.30. The molecule has 6 nitrogen and oxygen atoms in total. The number of amides is 1. The van der Waals surface area contributed by atoms with E-state index in [1.165, 1.54) is 6.92 Å². The minimum atomic E-state index is -3.62. The van der Waals surface area contributed by atoms with Gasteiger partial charge in [-0.05, 0) is 19.8 Å². The molecule has 1 atom stereocenters. The fourth-order valence-corrected chi connectivity index (χ4v) is 2.67. The second-order valence-electron chi connectivity index (χ2n) is 3.85. The molecule has 0 bridgehead atoms. The van der Waals surface area contributed by atoms with Gasteiger partial charge in [-0.2, -0.15) is 0 Å². The van der Waals surface area contributed by atoms with Crippen LogP contribution in [0.1, 0.15) is 19.8 Å². The van der Waals surface area contributed by atoms with Crippen molar-refractivity contribution in [2.75, 3.05) is 5.75 Å². The number of sulfonamides is 1.